The second-order valence-electron chi connectivity index (χ2n) is 7.15. The summed E-state index contributed by atoms with van der Waals surface area (Å²) < 4.78 is 11.0. The van der Waals surface area contributed by atoms with Crippen LogP contribution in [0.2, 0.25) is 0 Å². The zero-order valence-electron chi connectivity index (χ0n) is 16.6. The lowest BCUT2D eigenvalue weighted by molar-refractivity contribution is 0.411. The van der Waals surface area contributed by atoms with Crippen molar-refractivity contribution in [3.63, 3.8) is 0 Å². The van der Waals surface area contributed by atoms with E-state index in [0.717, 1.165) is 33.9 Å². The van der Waals surface area contributed by atoms with E-state index in [2.05, 4.69) is 67.2 Å². The van der Waals surface area contributed by atoms with E-state index in [1.165, 1.54) is 0 Å². The van der Waals surface area contributed by atoms with Gasteiger partial charge in [0.25, 0.3) is 0 Å². The minimum Gasteiger partial charge on any atom is -0.497 e. The fourth-order valence-corrected chi connectivity index (χ4v) is 4.06. The predicted molar refractivity (Wildman–Crippen MR) is 111 cm³/mol. The van der Waals surface area contributed by atoms with Crippen LogP contribution in [0.4, 0.5) is 0 Å². The van der Waals surface area contributed by atoms with Gasteiger partial charge in [0.15, 0.2) is 0 Å². The Hall–Kier alpha value is -3.94. The van der Waals surface area contributed by atoms with Gasteiger partial charge in [0, 0.05) is 23.1 Å². The molecule has 0 saturated carbocycles. The van der Waals surface area contributed by atoms with Crippen molar-refractivity contribution in [2.45, 2.75) is 11.8 Å². The molecule has 150 valence electrons. The van der Waals surface area contributed by atoms with Crippen LogP contribution in [0.15, 0.2) is 54.6 Å². The Morgan fingerprint density at radius 1 is 0.933 bits per heavy atom. The number of aromatic nitrogens is 6. The molecule has 0 fully saturated rings. The van der Waals surface area contributed by atoms with Gasteiger partial charge in [-0.05, 0) is 40.6 Å². The van der Waals surface area contributed by atoms with Gasteiger partial charge in [-0.3, -0.25) is 5.10 Å². The van der Waals surface area contributed by atoms with Crippen molar-refractivity contribution in [2.24, 2.45) is 0 Å². The summed E-state index contributed by atoms with van der Waals surface area (Å²) in [6.45, 7) is 0. The minimum absolute atomic E-state index is 0.420. The summed E-state index contributed by atoms with van der Waals surface area (Å²) in [5.74, 6) is 2.09. The number of ether oxygens (including phenoxy) is 2. The van der Waals surface area contributed by atoms with E-state index in [1.807, 2.05) is 24.3 Å². The van der Waals surface area contributed by atoms with Gasteiger partial charge in [-0.2, -0.15) is 10.3 Å². The van der Waals surface area contributed by atoms with Crippen molar-refractivity contribution in [3.8, 4) is 23.0 Å². The highest BCUT2D eigenvalue weighted by Gasteiger charge is 2.37. The average molecular weight is 400 g/mol. The third-order valence-corrected chi connectivity index (χ3v) is 5.60. The molecule has 0 spiro atoms. The van der Waals surface area contributed by atoms with E-state index in [1.54, 1.807) is 14.2 Å². The number of allylic oxidation sites excluding steroid dienone is 1. The van der Waals surface area contributed by atoms with Gasteiger partial charge >= 0.3 is 0 Å². The molecule has 2 heterocycles. The minimum atomic E-state index is -0.420. The topological polar surface area (TPSA) is 102 Å². The van der Waals surface area contributed by atoms with Crippen LogP contribution in [0.3, 0.4) is 0 Å². The number of aromatic amines is 2. The summed E-state index contributed by atoms with van der Waals surface area (Å²) in [5, 5.41) is 21.9. The zero-order valence-corrected chi connectivity index (χ0v) is 16.6. The number of hydrogen-bond donors (Lipinski definition) is 2. The number of benzene rings is 2. The fraction of sp³-hybridized carbons (Fsp3) is 0.182. The van der Waals surface area contributed by atoms with Crippen LogP contribution < -0.4 is 9.47 Å². The van der Waals surface area contributed by atoms with E-state index in [-0.39, 0.29) is 0 Å². The number of rotatable bonds is 5. The van der Waals surface area contributed by atoms with Crippen LogP contribution in [-0.2, 0) is 11.8 Å². The van der Waals surface area contributed by atoms with E-state index in [9.17, 15) is 0 Å². The summed E-state index contributed by atoms with van der Waals surface area (Å²) >= 11 is 0. The Morgan fingerprint density at radius 3 is 2.23 bits per heavy atom. The number of nitrogens with one attached hydrogen (secondary N) is 2. The molecule has 5 rings (SSSR count). The Kier molecular flexibility index (Phi) is 4.31. The maximum atomic E-state index is 5.50. The lowest BCUT2D eigenvalue weighted by atomic mass is 9.68. The molecule has 2 aromatic carbocycles. The molecule has 0 unspecified atom stereocenters. The first-order valence-electron chi connectivity index (χ1n) is 9.53. The molecule has 0 saturated heterocycles. The molecular weight excluding hydrogens is 380 g/mol. The van der Waals surface area contributed by atoms with Crippen LogP contribution in [0.25, 0.3) is 17.6 Å². The number of tetrazole rings is 1. The monoisotopic (exact) mass is 400 g/mol. The third kappa shape index (κ3) is 2.85. The van der Waals surface area contributed by atoms with Crippen molar-refractivity contribution in [2.75, 3.05) is 14.2 Å². The average Bonchev–Trinajstić information content (AvgIpc) is 3.48. The molecule has 8 heteroatoms. The maximum Gasteiger partial charge on any atom is 0.225 e. The van der Waals surface area contributed by atoms with Crippen molar-refractivity contribution < 1.29 is 9.47 Å². The SMILES string of the molecule is COc1cccc(C2(c3cccc(OC)c3)C=Cc3c(-c4nn[nH]n4)n[nH]c3C2)c1. The molecule has 0 radical (unpaired) electrons. The van der Waals surface area contributed by atoms with Crippen LogP contribution in [0.5, 0.6) is 11.5 Å². The first kappa shape index (κ1) is 18.1. The predicted octanol–water partition coefficient (Wildman–Crippen LogP) is 3.16. The smallest absolute Gasteiger partial charge is 0.225 e. The van der Waals surface area contributed by atoms with E-state index >= 15 is 0 Å². The van der Waals surface area contributed by atoms with E-state index in [0.29, 0.717) is 17.9 Å². The van der Waals surface area contributed by atoms with Gasteiger partial charge < -0.3 is 9.47 Å². The lowest BCUT2D eigenvalue weighted by Crippen LogP contribution is -2.30. The maximum absolute atomic E-state index is 5.50. The van der Waals surface area contributed by atoms with Gasteiger partial charge in [0.05, 0.1) is 14.2 Å². The van der Waals surface area contributed by atoms with Crippen LogP contribution >= 0.6 is 0 Å². The largest absolute Gasteiger partial charge is 0.497 e. The Balaban J connectivity index is 1.68. The third-order valence-electron chi connectivity index (χ3n) is 5.60. The molecule has 30 heavy (non-hydrogen) atoms. The number of methoxy groups -OCH3 is 2. The molecule has 0 bridgehead atoms. The quantitative estimate of drug-likeness (QED) is 0.534. The van der Waals surface area contributed by atoms with Crippen molar-refractivity contribution >= 4 is 6.08 Å². The summed E-state index contributed by atoms with van der Waals surface area (Å²) in [5.41, 5.74) is 4.47. The van der Waals surface area contributed by atoms with Crippen molar-refractivity contribution in [1.82, 2.24) is 30.8 Å². The molecule has 8 nitrogen and oxygen atoms in total. The lowest BCUT2D eigenvalue weighted by Gasteiger charge is -2.34. The molecular formula is C22H20N6O2. The molecule has 0 atom stereocenters. The Labute approximate surface area is 172 Å². The van der Waals surface area contributed by atoms with Gasteiger partial charge in [0.2, 0.25) is 5.82 Å². The summed E-state index contributed by atoms with van der Waals surface area (Å²) in [7, 11) is 3.36. The number of hydrogen-bond acceptors (Lipinski definition) is 6. The zero-order chi connectivity index (χ0) is 20.6. The molecule has 0 aliphatic heterocycles. The molecule has 1 aliphatic rings. The van der Waals surface area contributed by atoms with Crippen LogP contribution in [0.1, 0.15) is 22.4 Å². The normalized spacial score (nSPS) is 14.3. The molecule has 0 amide bonds. The summed E-state index contributed by atoms with van der Waals surface area (Å²) in [6, 6.07) is 16.3. The standard InChI is InChI=1S/C22H20N6O2/c1-29-16-7-3-5-14(11-16)22(15-6-4-8-17(12-15)30-2)10-9-18-19(13-22)23-24-20(18)21-25-27-28-26-21/h3-12H,13H2,1-2H3,(H,23,24)(H,25,26,27,28). The number of H-pyrrole nitrogens is 2. The van der Waals surface area contributed by atoms with Gasteiger partial charge in [-0.1, -0.05) is 36.4 Å². The fourth-order valence-electron chi connectivity index (χ4n) is 4.06. The van der Waals surface area contributed by atoms with Gasteiger partial charge in [-0.15, -0.1) is 10.2 Å². The molecule has 2 aromatic heterocycles. The van der Waals surface area contributed by atoms with Crippen LogP contribution in [-0.4, -0.2) is 45.0 Å². The highest BCUT2D eigenvalue weighted by atomic mass is 16.5. The first-order valence-corrected chi connectivity index (χ1v) is 9.53. The van der Waals surface area contributed by atoms with E-state index < -0.39 is 5.41 Å². The highest BCUT2D eigenvalue weighted by Crippen LogP contribution is 2.44. The molecule has 2 N–H and O–H groups in total. The van der Waals surface area contributed by atoms with Crippen LogP contribution in [0, 0.1) is 0 Å². The first-order chi connectivity index (χ1) is 14.7. The summed E-state index contributed by atoms with van der Waals surface area (Å²) in [4.78, 5) is 0. The van der Waals surface area contributed by atoms with E-state index in [4.69, 9.17) is 9.47 Å². The Bertz CT molecular complexity index is 1160. The molecule has 1 aliphatic carbocycles. The second kappa shape index (κ2) is 7.14. The number of nitrogens with zero attached hydrogens (tertiary/aromatic N) is 4. The number of fused-ring (bicyclic) bond motifs is 1. The van der Waals surface area contributed by atoms with Crippen molar-refractivity contribution in [3.05, 3.63) is 77.0 Å². The van der Waals surface area contributed by atoms with Gasteiger partial charge in [0.1, 0.15) is 17.2 Å². The Morgan fingerprint density at radius 2 is 1.63 bits per heavy atom. The second-order valence-corrected chi connectivity index (χ2v) is 7.15. The van der Waals surface area contributed by atoms with Gasteiger partial charge in [-0.25, -0.2) is 0 Å². The van der Waals surface area contributed by atoms with Crippen molar-refractivity contribution in [1.29, 1.82) is 0 Å². The highest BCUT2D eigenvalue weighted by molar-refractivity contribution is 5.73. The summed E-state index contributed by atoms with van der Waals surface area (Å²) in [6.07, 6.45) is 4.97. The molecule has 4 aromatic rings.